The molecule has 4 rings (SSSR count). The Morgan fingerprint density at radius 3 is 2.35 bits per heavy atom. The number of hydrogen-bond donors (Lipinski definition) is 0. The number of aryl methyl sites for hydroxylation is 2. The zero-order valence-electron chi connectivity index (χ0n) is 20.2. The van der Waals surface area contributed by atoms with E-state index in [1.807, 2.05) is 43.0 Å². The van der Waals surface area contributed by atoms with E-state index in [1.54, 1.807) is 31.4 Å². The first-order valence-corrected chi connectivity index (χ1v) is 11.7. The molecule has 1 saturated heterocycles. The highest BCUT2D eigenvalue weighted by Crippen LogP contribution is 2.36. The van der Waals surface area contributed by atoms with Crippen LogP contribution in [0.4, 0.5) is 4.79 Å². The average Bonchev–Trinajstić information content (AvgIpc) is 3.16. The van der Waals surface area contributed by atoms with Gasteiger partial charge in [-0.25, -0.2) is 9.78 Å². The molecule has 0 aliphatic carbocycles. The Morgan fingerprint density at radius 2 is 1.71 bits per heavy atom. The van der Waals surface area contributed by atoms with E-state index in [2.05, 4.69) is 11.9 Å². The smallest absolute Gasteiger partial charge is 0.415 e. The van der Waals surface area contributed by atoms with Crippen molar-refractivity contribution in [2.45, 2.75) is 58.5 Å². The predicted molar refractivity (Wildman–Crippen MR) is 129 cm³/mol. The Labute approximate surface area is 200 Å². The van der Waals surface area contributed by atoms with Gasteiger partial charge in [-0.15, -0.1) is 0 Å². The van der Waals surface area contributed by atoms with E-state index in [1.165, 1.54) is 0 Å². The maximum atomic E-state index is 13.1. The Kier molecular flexibility index (Phi) is 7.40. The molecule has 2 atom stereocenters. The second kappa shape index (κ2) is 10.6. The number of carbonyl (C=O) groups is 1. The Bertz CT molecular complexity index is 1090. The minimum Gasteiger partial charge on any atom is -0.497 e. The first-order chi connectivity index (χ1) is 16.4. The van der Waals surface area contributed by atoms with Gasteiger partial charge in [0.25, 0.3) is 0 Å². The molecule has 7 nitrogen and oxygen atoms in total. The summed E-state index contributed by atoms with van der Waals surface area (Å²) < 4.78 is 22.3. The van der Waals surface area contributed by atoms with Crippen LogP contribution in [0.15, 0.2) is 52.9 Å². The highest BCUT2D eigenvalue weighted by atomic mass is 16.6. The normalized spacial score (nSPS) is 17.9. The molecule has 180 valence electrons. The van der Waals surface area contributed by atoms with Crippen LogP contribution in [0.3, 0.4) is 0 Å². The minimum absolute atomic E-state index is 0.0377. The van der Waals surface area contributed by atoms with Gasteiger partial charge in [-0.1, -0.05) is 12.1 Å². The molecule has 34 heavy (non-hydrogen) atoms. The molecule has 3 aromatic rings. The second-order valence-corrected chi connectivity index (χ2v) is 8.65. The Morgan fingerprint density at radius 1 is 1.03 bits per heavy atom. The van der Waals surface area contributed by atoms with Crippen LogP contribution in [0.1, 0.15) is 55.1 Å². The summed E-state index contributed by atoms with van der Waals surface area (Å²) in [5, 5.41) is 0. The van der Waals surface area contributed by atoms with Gasteiger partial charge in [-0.2, -0.15) is 0 Å². The monoisotopic (exact) mass is 464 g/mol. The van der Waals surface area contributed by atoms with Gasteiger partial charge in [-0.3, -0.25) is 4.90 Å². The largest absolute Gasteiger partial charge is 0.497 e. The van der Waals surface area contributed by atoms with E-state index in [4.69, 9.17) is 18.6 Å². The molecule has 1 aromatic heterocycles. The zero-order chi connectivity index (χ0) is 24.1. The van der Waals surface area contributed by atoms with Crippen LogP contribution < -0.4 is 14.2 Å². The molecule has 2 aromatic carbocycles. The molecule has 0 spiro atoms. The number of ether oxygens (including phenoxy) is 3. The molecule has 1 aliphatic heterocycles. The van der Waals surface area contributed by atoms with Crippen LogP contribution in [-0.2, 0) is 6.42 Å². The predicted octanol–water partition coefficient (Wildman–Crippen LogP) is 6.04. The molecule has 2 heterocycles. The highest BCUT2D eigenvalue weighted by molar-refractivity contribution is 5.72. The number of amides is 1. The molecule has 1 fully saturated rings. The number of nitrogens with zero attached hydrogens (tertiary/aromatic N) is 2. The molecular formula is C27H32N2O5. The third-order valence-electron chi connectivity index (χ3n) is 6.26. The number of methoxy groups -OCH3 is 1. The van der Waals surface area contributed by atoms with E-state index >= 15 is 0 Å². The minimum atomic E-state index is -0.332. The first-order valence-electron chi connectivity index (χ1n) is 11.7. The summed E-state index contributed by atoms with van der Waals surface area (Å²) in [4.78, 5) is 19.4. The van der Waals surface area contributed by atoms with Crippen molar-refractivity contribution in [1.82, 2.24) is 9.88 Å². The van der Waals surface area contributed by atoms with Crippen molar-refractivity contribution in [3.05, 3.63) is 71.4 Å². The van der Waals surface area contributed by atoms with Gasteiger partial charge in [0.2, 0.25) is 0 Å². The summed E-state index contributed by atoms with van der Waals surface area (Å²) in [5.74, 6) is 3.53. The number of oxazole rings is 1. The standard InChI is InChI=1S/C27H32N2O5/c1-18-6-5-7-26(29(18)27(30)34-24-14-12-22(31-4)13-15-24)21-8-10-23(11-9-21)32-17-16-25-19(2)33-20(3)28-25/h8-15,18,26H,5-7,16-17H2,1-4H3/t18-,26-/m1/s1. The fourth-order valence-corrected chi connectivity index (χ4v) is 4.48. The summed E-state index contributed by atoms with van der Waals surface area (Å²) in [7, 11) is 1.61. The SMILES string of the molecule is COc1ccc(OC(=O)N2[C@H](C)CCC[C@@H]2c2ccc(OCCc3nc(C)oc3C)cc2)cc1. The number of carbonyl (C=O) groups excluding carboxylic acids is 1. The van der Waals surface area contributed by atoms with E-state index in [-0.39, 0.29) is 18.2 Å². The van der Waals surface area contributed by atoms with Crippen molar-refractivity contribution in [2.75, 3.05) is 13.7 Å². The van der Waals surface area contributed by atoms with Crippen LogP contribution >= 0.6 is 0 Å². The average molecular weight is 465 g/mol. The second-order valence-electron chi connectivity index (χ2n) is 8.65. The van der Waals surface area contributed by atoms with E-state index < -0.39 is 0 Å². The van der Waals surface area contributed by atoms with Crippen LogP contribution in [0.25, 0.3) is 0 Å². The number of rotatable bonds is 7. The first kappa shape index (κ1) is 23.7. The molecule has 1 aliphatic rings. The molecule has 0 saturated carbocycles. The quantitative estimate of drug-likeness (QED) is 0.425. The van der Waals surface area contributed by atoms with Crippen LogP contribution in [0.5, 0.6) is 17.2 Å². The number of hydrogen-bond acceptors (Lipinski definition) is 6. The van der Waals surface area contributed by atoms with Crippen molar-refractivity contribution < 1.29 is 23.4 Å². The lowest BCUT2D eigenvalue weighted by molar-refractivity contribution is 0.0827. The van der Waals surface area contributed by atoms with Crippen molar-refractivity contribution in [3.8, 4) is 17.2 Å². The molecule has 0 radical (unpaired) electrons. The van der Waals surface area contributed by atoms with Crippen molar-refractivity contribution in [1.29, 1.82) is 0 Å². The van der Waals surface area contributed by atoms with Gasteiger partial charge in [0, 0.05) is 19.4 Å². The van der Waals surface area contributed by atoms with Gasteiger partial charge in [0.1, 0.15) is 23.0 Å². The lowest BCUT2D eigenvalue weighted by Crippen LogP contribution is -2.45. The Balaban J connectivity index is 1.40. The molecule has 7 heteroatoms. The van der Waals surface area contributed by atoms with Gasteiger partial charge in [0.05, 0.1) is 25.5 Å². The summed E-state index contributed by atoms with van der Waals surface area (Å²) in [6.45, 7) is 6.36. The van der Waals surface area contributed by atoms with Crippen LogP contribution in [0.2, 0.25) is 0 Å². The molecule has 0 N–H and O–H groups in total. The summed E-state index contributed by atoms with van der Waals surface area (Å²) in [5.41, 5.74) is 2.00. The summed E-state index contributed by atoms with van der Waals surface area (Å²) >= 11 is 0. The van der Waals surface area contributed by atoms with E-state index in [9.17, 15) is 4.79 Å². The molecule has 0 unspecified atom stereocenters. The van der Waals surface area contributed by atoms with E-state index in [0.29, 0.717) is 24.7 Å². The van der Waals surface area contributed by atoms with Crippen LogP contribution in [-0.4, -0.2) is 35.7 Å². The maximum absolute atomic E-state index is 13.1. The highest BCUT2D eigenvalue weighted by Gasteiger charge is 2.34. The van der Waals surface area contributed by atoms with Gasteiger partial charge in [-0.05, 0) is 75.1 Å². The van der Waals surface area contributed by atoms with Gasteiger partial charge in [0.15, 0.2) is 5.89 Å². The fraction of sp³-hybridized carbons (Fsp3) is 0.407. The van der Waals surface area contributed by atoms with Gasteiger partial charge < -0.3 is 18.6 Å². The number of aromatic nitrogens is 1. The van der Waals surface area contributed by atoms with Crippen molar-refractivity contribution in [2.24, 2.45) is 0 Å². The van der Waals surface area contributed by atoms with E-state index in [0.717, 1.165) is 47.8 Å². The number of piperidine rings is 1. The molecule has 1 amide bonds. The molecular weight excluding hydrogens is 432 g/mol. The molecule has 0 bridgehead atoms. The van der Waals surface area contributed by atoms with Crippen molar-refractivity contribution >= 4 is 6.09 Å². The number of likely N-dealkylation sites (tertiary alicyclic amines) is 1. The van der Waals surface area contributed by atoms with Crippen LogP contribution in [0, 0.1) is 13.8 Å². The van der Waals surface area contributed by atoms with Gasteiger partial charge >= 0.3 is 6.09 Å². The lowest BCUT2D eigenvalue weighted by Gasteiger charge is -2.40. The maximum Gasteiger partial charge on any atom is 0.415 e. The zero-order valence-corrected chi connectivity index (χ0v) is 20.2. The number of benzene rings is 2. The Hall–Kier alpha value is -3.48. The lowest BCUT2D eigenvalue weighted by atomic mass is 9.92. The third kappa shape index (κ3) is 5.53. The topological polar surface area (TPSA) is 74.0 Å². The third-order valence-corrected chi connectivity index (χ3v) is 6.26. The fourth-order valence-electron chi connectivity index (χ4n) is 4.48. The summed E-state index contributed by atoms with van der Waals surface area (Å²) in [6.07, 6.45) is 3.27. The summed E-state index contributed by atoms with van der Waals surface area (Å²) in [6, 6.07) is 15.1. The van der Waals surface area contributed by atoms with Crippen molar-refractivity contribution in [3.63, 3.8) is 0 Å².